The zero-order valence-electron chi connectivity index (χ0n) is 9.04. The third kappa shape index (κ3) is 9.72. The average molecular weight is 267 g/mol. The first-order valence-electron chi connectivity index (χ1n) is 4.42. The summed E-state index contributed by atoms with van der Waals surface area (Å²) in [6.07, 6.45) is 0.134. The van der Waals surface area contributed by atoms with E-state index in [0.29, 0.717) is 0 Å². The molecule has 5 nitrogen and oxygen atoms in total. The van der Waals surface area contributed by atoms with Crippen molar-refractivity contribution in [2.75, 3.05) is 0 Å². The zero-order chi connectivity index (χ0) is 11.4. The van der Waals surface area contributed by atoms with Gasteiger partial charge < -0.3 is 15.6 Å². The van der Waals surface area contributed by atoms with E-state index in [9.17, 15) is 9.59 Å². The van der Waals surface area contributed by atoms with Gasteiger partial charge in [0.2, 0.25) is 0 Å². The molecular formula is C9H17CuNO4. The average Bonchev–Trinajstić information content (AvgIpc) is 1.96. The summed E-state index contributed by atoms with van der Waals surface area (Å²) in [6.45, 7) is 5.26. The maximum absolute atomic E-state index is 11.1. The van der Waals surface area contributed by atoms with Gasteiger partial charge in [0.1, 0.15) is 11.6 Å². The van der Waals surface area contributed by atoms with Gasteiger partial charge in [0.25, 0.3) is 0 Å². The fourth-order valence-electron chi connectivity index (χ4n) is 0.789. The van der Waals surface area contributed by atoms with Gasteiger partial charge in [-0.15, -0.1) is 0 Å². The van der Waals surface area contributed by atoms with Gasteiger partial charge in [0.05, 0.1) is 0 Å². The third-order valence-electron chi connectivity index (χ3n) is 1.40. The van der Waals surface area contributed by atoms with Crippen molar-refractivity contribution in [3.05, 3.63) is 0 Å². The zero-order valence-corrected chi connectivity index (χ0v) is 9.98. The molecule has 3 N–H and O–H groups in total. The van der Waals surface area contributed by atoms with Crippen LogP contribution in [-0.2, 0) is 31.4 Å². The smallest absolute Gasteiger partial charge is 0.320 e. The van der Waals surface area contributed by atoms with Gasteiger partial charge in [0, 0.05) is 23.5 Å². The van der Waals surface area contributed by atoms with Crippen LogP contribution in [-0.4, -0.2) is 28.7 Å². The maximum Gasteiger partial charge on any atom is 0.320 e. The second-order valence-electron chi connectivity index (χ2n) is 4.07. The number of esters is 1. The van der Waals surface area contributed by atoms with Gasteiger partial charge in [-0.25, -0.2) is 0 Å². The van der Waals surface area contributed by atoms with E-state index >= 15 is 0 Å². The molecule has 0 saturated carbocycles. The third-order valence-corrected chi connectivity index (χ3v) is 1.40. The number of ether oxygens (including phenoxy) is 1. The largest absolute Gasteiger partial charge is 0.480 e. The Labute approximate surface area is 99.8 Å². The molecular weight excluding hydrogens is 250 g/mol. The van der Waals surface area contributed by atoms with Crippen LogP contribution in [0.15, 0.2) is 0 Å². The van der Waals surface area contributed by atoms with E-state index < -0.39 is 23.6 Å². The molecule has 6 heteroatoms. The molecule has 0 aliphatic rings. The quantitative estimate of drug-likeness (QED) is 0.572. The number of carbonyl (C=O) groups is 2. The number of rotatable bonds is 4. The van der Waals surface area contributed by atoms with Crippen LogP contribution in [0.3, 0.4) is 0 Å². The normalized spacial score (nSPS) is 12.5. The molecule has 0 rings (SSSR count). The minimum atomic E-state index is -1.10. The van der Waals surface area contributed by atoms with Crippen LogP contribution in [0.1, 0.15) is 33.6 Å². The van der Waals surface area contributed by atoms with Crippen molar-refractivity contribution in [1.82, 2.24) is 0 Å². The minimum Gasteiger partial charge on any atom is -0.480 e. The molecule has 93 valence electrons. The molecule has 0 aromatic rings. The van der Waals surface area contributed by atoms with Crippen LogP contribution in [0.25, 0.3) is 0 Å². The van der Waals surface area contributed by atoms with Crippen LogP contribution in [0.5, 0.6) is 0 Å². The Kier molecular flexibility index (Phi) is 7.66. The fourth-order valence-corrected chi connectivity index (χ4v) is 0.789. The van der Waals surface area contributed by atoms with Crippen molar-refractivity contribution in [2.24, 2.45) is 5.73 Å². The molecule has 0 amide bonds. The van der Waals surface area contributed by atoms with Gasteiger partial charge in [-0.1, -0.05) is 0 Å². The predicted octanol–water partition coefficient (Wildman–Crippen LogP) is 0.518. The van der Waals surface area contributed by atoms with Crippen LogP contribution in [0.4, 0.5) is 0 Å². The van der Waals surface area contributed by atoms with Crippen molar-refractivity contribution >= 4 is 11.9 Å². The number of carboxylic acids is 1. The van der Waals surface area contributed by atoms with E-state index in [1.54, 1.807) is 20.8 Å². The van der Waals surface area contributed by atoms with E-state index in [0.717, 1.165) is 0 Å². The molecule has 1 atom stereocenters. The molecule has 0 saturated heterocycles. The summed E-state index contributed by atoms with van der Waals surface area (Å²) in [5, 5.41) is 8.45. The van der Waals surface area contributed by atoms with Gasteiger partial charge in [-0.05, 0) is 27.2 Å². The Morgan fingerprint density at radius 1 is 1.40 bits per heavy atom. The molecule has 0 aromatic carbocycles. The van der Waals surface area contributed by atoms with E-state index in [2.05, 4.69) is 0 Å². The first-order valence-corrected chi connectivity index (χ1v) is 4.42. The Morgan fingerprint density at radius 3 is 2.20 bits per heavy atom. The van der Waals surface area contributed by atoms with E-state index in [1.165, 1.54) is 0 Å². The number of hydrogen-bond donors (Lipinski definition) is 2. The summed E-state index contributed by atoms with van der Waals surface area (Å²) in [4.78, 5) is 21.4. The monoisotopic (exact) mass is 266 g/mol. The Balaban J connectivity index is 0. The Bertz CT molecular complexity index is 225. The number of carbonyl (C=O) groups excluding carboxylic acids is 1. The molecule has 0 aliphatic carbocycles. The number of nitrogens with two attached hydrogens (primary N) is 1. The van der Waals surface area contributed by atoms with Crippen LogP contribution in [0.2, 0.25) is 0 Å². The number of carboxylic acid groups (broad SMARTS) is 1. The Hall–Kier alpha value is -0.581. The van der Waals surface area contributed by atoms with Crippen LogP contribution >= 0.6 is 0 Å². The van der Waals surface area contributed by atoms with Crippen molar-refractivity contribution in [3.8, 4) is 0 Å². The van der Waals surface area contributed by atoms with E-state index in [4.69, 9.17) is 15.6 Å². The van der Waals surface area contributed by atoms with Gasteiger partial charge in [0.15, 0.2) is 0 Å². The second-order valence-corrected chi connectivity index (χ2v) is 4.07. The molecule has 0 aromatic heterocycles. The first kappa shape index (κ1) is 16.8. The summed E-state index contributed by atoms with van der Waals surface area (Å²) >= 11 is 0. The van der Waals surface area contributed by atoms with Crippen molar-refractivity contribution < 1.29 is 36.5 Å². The summed E-state index contributed by atoms with van der Waals surface area (Å²) in [7, 11) is 0. The number of hydrogen-bond acceptors (Lipinski definition) is 4. The van der Waals surface area contributed by atoms with Gasteiger partial charge in [-0.3, -0.25) is 9.59 Å². The predicted molar refractivity (Wildman–Crippen MR) is 50.7 cm³/mol. The van der Waals surface area contributed by atoms with Gasteiger partial charge in [-0.2, -0.15) is 0 Å². The van der Waals surface area contributed by atoms with Gasteiger partial charge >= 0.3 is 11.9 Å². The summed E-state index contributed by atoms with van der Waals surface area (Å²) in [5.74, 6) is -1.53. The molecule has 0 unspecified atom stereocenters. The van der Waals surface area contributed by atoms with Crippen molar-refractivity contribution in [3.63, 3.8) is 0 Å². The van der Waals surface area contributed by atoms with Crippen LogP contribution in [0, 0.1) is 0 Å². The molecule has 0 fully saturated rings. The van der Waals surface area contributed by atoms with Crippen molar-refractivity contribution in [2.45, 2.75) is 45.3 Å². The maximum atomic E-state index is 11.1. The topological polar surface area (TPSA) is 89.6 Å². The molecule has 0 aliphatic heterocycles. The molecule has 0 bridgehead atoms. The molecule has 1 radical (unpaired) electrons. The standard InChI is InChI=1S/C9H17NO4.Cu/c1-9(2,3)14-7(11)5-4-6(10)8(12)13;/h6H,4-5,10H2,1-3H3,(H,12,13);/t6-;/m0./s1. The fraction of sp³-hybridized carbons (Fsp3) is 0.778. The van der Waals surface area contributed by atoms with E-state index in [-0.39, 0.29) is 29.9 Å². The summed E-state index contributed by atoms with van der Waals surface area (Å²) in [5.41, 5.74) is 4.68. The Morgan fingerprint density at radius 2 is 1.87 bits per heavy atom. The second kappa shape index (κ2) is 6.82. The molecule has 0 spiro atoms. The van der Waals surface area contributed by atoms with E-state index in [1.807, 2.05) is 0 Å². The summed E-state index contributed by atoms with van der Waals surface area (Å²) < 4.78 is 4.98. The number of aliphatic carboxylic acids is 1. The first-order chi connectivity index (χ1) is 6.22. The molecule has 15 heavy (non-hydrogen) atoms. The van der Waals surface area contributed by atoms with Crippen LogP contribution < -0.4 is 5.73 Å². The summed E-state index contributed by atoms with van der Waals surface area (Å²) in [6, 6.07) is -0.998. The van der Waals surface area contributed by atoms with Crippen molar-refractivity contribution in [1.29, 1.82) is 0 Å². The minimum absolute atomic E-state index is 0. The SMILES string of the molecule is CC(C)(C)OC(=O)CC[C@H](N)C(=O)O.[Cu]. The molecule has 0 heterocycles.